The summed E-state index contributed by atoms with van der Waals surface area (Å²) in [5.74, 6) is 0.864. The van der Waals surface area contributed by atoms with E-state index in [0.29, 0.717) is 23.7 Å². The number of hydrogen-bond acceptors (Lipinski definition) is 3. The molecule has 0 radical (unpaired) electrons. The van der Waals surface area contributed by atoms with E-state index in [0.717, 1.165) is 25.7 Å². The number of hydrogen-bond donors (Lipinski definition) is 0. The van der Waals surface area contributed by atoms with Gasteiger partial charge in [0.05, 0.1) is 38.1 Å². The van der Waals surface area contributed by atoms with Crippen LogP contribution in [0.3, 0.4) is 0 Å². The zero-order valence-electron chi connectivity index (χ0n) is 10.4. The topological polar surface area (TPSA) is 37.6 Å². The van der Waals surface area contributed by atoms with Gasteiger partial charge in [-0.25, -0.2) is 0 Å². The van der Waals surface area contributed by atoms with Crippen LogP contribution < -0.4 is 0 Å². The quantitative estimate of drug-likeness (QED) is 0.665. The first-order chi connectivity index (χ1) is 8.34. The summed E-state index contributed by atoms with van der Waals surface area (Å²) in [6, 6.07) is 0. The van der Waals surface area contributed by atoms with E-state index in [9.17, 15) is 0 Å². The van der Waals surface area contributed by atoms with E-state index in [-0.39, 0.29) is 0 Å². The standard InChI is InChI=1S/C14H22O3/c1-2-10(4-11-7-15-11)14(3-1,5-12-8-16-12)6-13-9-17-13/h10-13H,1-9H2. The zero-order valence-corrected chi connectivity index (χ0v) is 10.4. The highest BCUT2D eigenvalue weighted by Gasteiger charge is 2.50. The SMILES string of the molecule is C1CC(CC2CO2)C(CC2CO2)(CC2CO2)C1. The molecule has 4 rings (SSSR count). The molecule has 96 valence electrons. The number of rotatable bonds is 6. The number of epoxide rings is 3. The van der Waals surface area contributed by atoms with Crippen molar-refractivity contribution in [1.82, 2.24) is 0 Å². The minimum absolute atomic E-state index is 0.522. The van der Waals surface area contributed by atoms with Crippen LogP contribution >= 0.6 is 0 Å². The molecule has 4 unspecified atom stereocenters. The average Bonchev–Trinajstić information content (AvgIpc) is 3.13. The van der Waals surface area contributed by atoms with Gasteiger partial charge in [0.1, 0.15) is 0 Å². The van der Waals surface area contributed by atoms with E-state index < -0.39 is 0 Å². The molecule has 0 bridgehead atoms. The fourth-order valence-electron chi connectivity index (χ4n) is 4.00. The maximum absolute atomic E-state index is 5.49. The van der Waals surface area contributed by atoms with Crippen molar-refractivity contribution in [2.45, 2.75) is 56.8 Å². The molecule has 17 heavy (non-hydrogen) atoms. The Labute approximate surface area is 103 Å². The zero-order chi connectivity index (χ0) is 11.3. The molecule has 1 aliphatic carbocycles. The highest BCUT2D eigenvalue weighted by molar-refractivity contribution is 4.99. The second kappa shape index (κ2) is 3.94. The Hall–Kier alpha value is -0.120. The Morgan fingerprint density at radius 3 is 2.00 bits per heavy atom. The van der Waals surface area contributed by atoms with Gasteiger partial charge in [-0.15, -0.1) is 0 Å². The van der Waals surface area contributed by atoms with Gasteiger partial charge in [-0.1, -0.05) is 6.42 Å². The third kappa shape index (κ3) is 2.38. The van der Waals surface area contributed by atoms with Crippen molar-refractivity contribution in [2.24, 2.45) is 11.3 Å². The van der Waals surface area contributed by atoms with Crippen LogP contribution in [0.15, 0.2) is 0 Å². The maximum Gasteiger partial charge on any atom is 0.0815 e. The summed E-state index contributed by atoms with van der Waals surface area (Å²) in [5, 5.41) is 0. The van der Waals surface area contributed by atoms with Crippen LogP contribution in [-0.2, 0) is 14.2 Å². The molecule has 0 amide bonds. The van der Waals surface area contributed by atoms with Crippen molar-refractivity contribution in [3.63, 3.8) is 0 Å². The average molecular weight is 238 g/mol. The smallest absolute Gasteiger partial charge is 0.0815 e. The van der Waals surface area contributed by atoms with E-state index in [1.165, 1.54) is 38.5 Å². The Morgan fingerprint density at radius 2 is 1.47 bits per heavy atom. The third-order valence-electron chi connectivity index (χ3n) is 5.12. The molecule has 3 heterocycles. The molecule has 0 aromatic rings. The normalized spacial score (nSPS) is 51.5. The molecule has 0 N–H and O–H groups in total. The van der Waals surface area contributed by atoms with Crippen LogP contribution in [0.5, 0.6) is 0 Å². The van der Waals surface area contributed by atoms with E-state index in [4.69, 9.17) is 14.2 Å². The minimum Gasteiger partial charge on any atom is -0.373 e. The summed E-state index contributed by atoms with van der Waals surface area (Å²) in [4.78, 5) is 0. The van der Waals surface area contributed by atoms with E-state index in [1.54, 1.807) is 0 Å². The first kappa shape index (κ1) is 10.8. The van der Waals surface area contributed by atoms with Crippen molar-refractivity contribution >= 4 is 0 Å². The van der Waals surface area contributed by atoms with Crippen molar-refractivity contribution in [3.05, 3.63) is 0 Å². The second-order valence-electron chi connectivity index (χ2n) is 6.46. The van der Waals surface area contributed by atoms with Gasteiger partial charge in [-0.05, 0) is 43.4 Å². The lowest BCUT2D eigenvalue weighted by Gasteiger charge is -2.35. The molecule has 4 atom stereocenters. The summed E-state index contributed by atoms with van der Waals surface area (Å²) >= 11 is 0. The second-order valence-corrected chi connectivity index (χ2v) is 6.46. The summed E-state index contributed by atoms with van der Waals surface area (Å²) < 4.78 is 16.4. The molecule has 3 nitrogen and oxygen atoms in total. The van der Waals surface area contributed by atoms with Gasteiger partial charge < -0.3 is 14.2 Å². The lowest BCUT2D eigenvalue weighted by atomic mass is 9.69. The molecule has 0 spiro atoms. The van der Waals surface area contributed by atoms with Crippen LogP contribution in [0.2, 0.25) is 0 Å². The van der Waals surface area contributed by atoms with Crippen molar-refractivity contribution < 1.29 is 14.2 Å². The molecule has 1 saturated carbocycles. The molecule has 4 aliphatic rings. The molecular weight excluding hydrogens is 216 g/mol. The van der Waals surface area contributed by atoms with Crippen molar-refractivity contribution in [2.75, 3.05) is 19.8 Å². The van der Waals surface area contributed by atoms with Gasteiger partial charge in [-0.2, -0.15) is 0 Å². The van der Waals surface area contributed by atoms with Crippen LogP contribution in [-0.4, -0.2) is 38.1 Å². The maximum atomic E-state index is 5.49. The van der Waals surface area contributed by atoms with Gasteiger partial charge >= 0.3 is 0 Å². The van der Waals surface area contributed by atoms with E-state index in [1.807, 2.05) is 0 Å². The van der Waals surface area contributed by atoms with Crippen LogP contribution in [0, 0.1) is 11.3 Å². The predicted octanol–water partition coefficient (Wildman–Crippen LogP) is 2.14. The van der Waals surface area contributed by atoms with E-state index in [2.05, 4.69) is 0 Å². The molecule has 4 fully saturated rings. The van der Waals surface area contributed by atoms with Gasteiger partial charge in [0.25, 0.3) is 0 Å². The Bertz CT molecular complexity index is 278. The van der Waals surface area contributed by atoms with Crippen LogP contribution in [0.25, 0.3) is 0 Å². The molecule has 3 aliphatic heterocycles. The van der Waals surface area contributed by atoms with Crippen LogP contribution in [0.4, 0.5) is 0 Å². The van der Waals surface area contributed by atoms with Crippen molar-refractivity contribution in [1.29, 1.82) is 0 Å². The fourth-order valence-corrected chi connectivity index (χ4v) is 4.00. The number of ether oxygens (including phenoxy) is 3. The molecule has 0 aromatic carbocycles. The van der Waals surface area contributed by atoms with Gasteiger partial charge in [0.2, 0.25) is 0 Å². The van der Waals surface area contributed by atoms with Gasteiger partial charge in [0, 0.05) is 0 Å². The molecule has 0 aromatic heterocycles. The summed E-state index contributed by atoms with van der Waals surface area (Å²) in [7, 11) is 0. The summed E-state index contributed by atoms with van der Waals surface area (Å²) in [6.45, 7) is 3.01. The highest BCUT2D eigenvalue weighted by atomic mass is 16.6. The van der Waals surface area contributed by atoms with Gasteiger partial charge in [0.15, 0.2) is 0 Å². The Balaban J connectivity index is 1.48. The Morgan fingerprint density at radius 1 is 0.882 bits per heavy atom. The third-order valence-corrected chi connectivity index (χ3v) is 5.12. The van der Waals surface area contributed by atoms with Crippen molar-refractivity contribution in [3.8, 4) is 0 Å². The fraction of sp³-hybridized carbons (Fsp3) is 1.00. The Kier molecular flexibility index (Phi) is 2.50. The largest absolute Gasteiger partial charge is 0.373 e. The minimum atomic E-state index is 0.522. The van der Waals surface area contributed by atoms with Crippen LogP contribution in [0.1, 0.15) is 38.5 Å². The lowest BCUT2D eigenvalue weighted by Crippen LogP contribution is -2.30. The molecule has 3 heteroatoms. The summed E-state index contributed by atoms with van der Waals surface area (Å²) in [5.41, 5.74) is 0.522. The first-order valence-electron chi connectivity index (χ1n) is 7.19. The lowest BCUT2D eigenvalue weighted by molar-refractivity contribution is 0.117. The monoisotopic (exact) mass is 238 g/mol. The molecular formula is C14H22O3. The summed E-state index contributed by atoms with van der Waals surface area (Å²) in [6.07, 6.45) is 9.76. The van der Waals surface area contributed by atoms with E-state index >= 15 is 0 Å². The van der Waals surface area contributed by atoms with Gasteiger partial charge in [-0.3, -0.25) is 0 Å². The highest BCUT2D eigenvalue weighted by Crippen LogP contribution is 2.55. The molecule has 3 saturated heterocycles. The predicted molar refractivity (Wildman–Crippen MR) is 62.8 cm³/mol. The first-order valence-corrected chi connectivity index (χ1v) is 7.19.